The van der Waals surface area contributed by atoms with Crippen molar-refractivity contribution in [2.75, 3.05) is 26.3 Å². The summed E-state index contributed by atoms with van der Waals surface area (Å²) in [7, 11) is -3.63. The number of carbonyl (C=O) groups is 1. The van der Waals surface area contributed by atoms with Crippen LogP contribution in [-0.4, -0.2) is 55.1 Å². The van der Waals surface area contributed by atoms with Gasteiger partial charge >= 0.3 is 0 Å². The minimum atomic E-state index is -3.63. The van der Waals surface area contributed by atoms with Gasteiger partial charge in [0.25, 0.3) is 0 Å². The van der Waals surface area contributed by atoms with Crippen molar-refractivity contribution in [3.8, 4) is 16.9 Å². The molecule has 1 aliphatic heterocycles. The lowest BCUT2D eigenvalue weighted by molar-refractivity contribution is 0.0730. The molecule has 2 heterocycles. The van der Waals surface area contributed by atoms with E-state index in [-0.39, 0.29) is 4.90 Å². The molecular formula is C20H19N3O4S. The third kappa shape index (κ3) is 3.49. The molecule has 1 saturated heterocycles. The van der Waals surface area contributed by atoms with Gasteiger partial charge in [0.15, 0.2) is 6.29 Å². The van der Waals surface area contributed by atoms with Crippen molar-refractivity contribution < 1.29 is 17.9 Å². The van der Waals surface area contributed by atoms with Crippen LogP contribution < -0.4 is 0 Å². The molecule has 0 amide bonds. The fourth-order valence-corrected chi connectivity index (χ4v) is 4.61. The lowest BCUT2D eigenvalue weighted by Gasteiger charge is -2.26. The standard InChI is InChI=1S/C20H19N3O4S/c24-15-17-14-23(18-6-2-1-3-7-18)21-20(17)16-5-4-8-19(13-16)28(25,26)22-9-11-27-12-10-22/h1-8,13-15H,9-12H2. The number of rotatable bonds is 5. The van der Waals surface area contributed by atoms with E-state index >= 15 is 0 Å². The molecule has 3 aromatic rings. The van der Waals surface area contributed by atoms with Crippen molar-refractivity contribution in [1.29, 1.82) is 0 Å². The smallest absolute Gasteiger partial charge is 0.243 e. The quantitative estimate of drug-likeness (QED) is 0.618. The zero-order valence-corrected chi connectivity index (χ0v) is 15.9. The summed E-state index contributed by atoms with van der Waals surface area (Å²) in [4.78, 5) is 11.8. The Morgan fingerprint density at radius 2 is 1.75 bits per heavy atom. The van der Waals surface area contributed by atoms with Gasteiger partial charge in [-0.2, -0.15) is 9.40 Å². The highest BCUT2D eigenvalue weighted by Gasteiger charge is 2.27. The normalized spacial score (nSPS) is 15.4. The highest BCUT2D eigenvalue weighted by molar-refractivity contribution is 7.89. The van der Waals surface area contributed by atoms with E-state index in [2.05, 4.69) is 5.10 Å². The van der Waals surface area contributed by atoms with Gasteiger partial charge in [0, 0.05) is 24.8 Å². The second-order valence-corrected chi connectivity index (χ2v) is 8.31. The molecule has 0 radical (unpaired) electrons. The molecule has 8 heteroatoms. The number of hydrogen-bond acceptors (Lipinski definition) is 5. The zero-order chi connectivity index (χ0) is 19.6. The van der Waals surface area contributed by atoms with E-state index in [1.165, 1.54) is 4.31 Å². The largest absolute Gasteiger partial charge is 0.379 e. The molecule has 0 bridgehead atoms. The van der Waals surface area contributed by atoms with Crippen molar-refractivity contribution in [2.24, 2.45) is 0 Å². The predicted octanol–water partition coefficient (Wildman–Crippen LogP) is 2.37. The van der Waals surface area contributed by atoms with Crippen molar-refractivity contribution >= 4 is 16.3 Å². The lowest BCUT2D eigenvalue weighted by atomic mass is 10.1. The number of nitrogens with zero attached hydrogens (tertiary/aromatic N) is 3. The first-order valence-corrected chi connectivity index (χ1v) is 10.3. The highest BCUT2D eigenvalue weighted by atomic mass is 32.2. The van der Waals surface area contributed by atoms with Gasteiger partial charge in [-0.05, 0) is 24.3 Å². The summed E-state index contributed by atoms with van der Waals surface area (Å²) in [5, 5.41) is 4.51. The van der Waals surface area contributed by atoms with Gasteiger partial charge in [-0.3, -0.25) is 4.79 Å². The number of sulfonamides is 1. The van der Waals surface area contributed by atoms with Crippen molar-refractivity contribution in [3.63, 3.8) is 0 Å². The fraction of sp³-hybridized carbons (Fsp3) is 0.200. The molecule has 0 spiro atoms. The molecule has 144 valence electrons. The SMILES string of the molecule is O=Cc1cn(-c2ccccc2)nc1-c1cccc(S(=O)(=O)N2CCOCC2)c1. The maximum absolute atomic E-state index is 12.9. The first kappa shape index (κ1) is 18.5. The fourth-order valence-electron chi connectivity index (χ4n) is 3.15. The summed E-state index contributed by atoms with van der Waals surface area (Å²) in [6.45, 7) is 1.43. The maximum atomic E-state index is 12.9. The highest BCUT2D eigenvalue weighted by Crippen LogP contribution is 2.26. The Balaban J connectivity index is 1.74. The molecule has 28 heavy (non-hydrogen) atoms. The number of hydrogen-bond donors (Lipinski definition) is 0. The van der Waals surface area contributed by atoms with Crippen LogP contribution in [0.1, 0.15) is 10.4 Å². The van der Waals surface area contributed by atoms with Gasteiger partial charge in [-0.15, -0.1) is 0 Å². The Morgan fingerprint density at radius 3 is 2.46 bits per heavy atom. The monoisotopic (exact) mass is 397 g/mol. The predicted molar refractivity (Wildman–Crippen MR) is 104 cm³/mol. The summed E-state index contributed by atoms with van der Waals surface area (Å²) in [6.07, 6.45) is 2.37. The Labute approximate surface area is 163 Å². The summed E-state index contributed by atoms with van der Waals surface area (Å²) in [5.41, 5.74) is 2.22. The van der Waals surface area contributed by atoms with Crippen LogP contribution in [0.3, 0.4) is 0 Å². The summed E-state index contributed by atoms with van der Waals surface area (Å²) >= 11 is 0. The first-order chi connectivity index (χ1) is 13.6. The van der Waals surface area contributed by atoms with Gasteiger partial charge in [0.05, 0.1) is 29.4 Å². The number of para-hydroxylation sites is 1. The second kappa shape index (κ2) is 7.67. The molecule has 0 saturated carbocycles. The molecule has 1 fully saturated rings. The number of morpholine rings is 1. The van der Waals surface area contributed by atoms with Crippen LogP contribution in [0.5, 0.6) is 0 Å². The lowest BCUT2D eigenvalue weighted by Crippen LogP contribution is -2.40. The van der Waals surface area contributed by atoms with Crippen LogP contribution in [0.15, 0.2) is 65.7 Å². The van der Waals surface area contributed by atoms with Gasteiger partial charge in [0.1, 0.15) is 5.69 Å². The number of aldehydes is 1. The average Bonchev–Trinajstić information content (AvgIpc) is 3.20. The topological polar surface area (TPSA) is 81.5 Å². The molecule has 4 rings (SSSR count). The molecule has 1 aliphatic rings. The van der Waals surface area contributed by atoms with Crippen LogP contribution in [-0.2, 0) is 14.8 Å². The Morgan fingerprint density at radius 1 is 1.00 bits per heavy atom. The summed E-state index contributed by atoms with van der Waals surface area (Å²) < 4.78 is 34.1. The van der Waals surface area contributed by atoms with E-state index in [4.69, 9.17) is 4.74 Å². The van der Waals surface area contributed by atoms with Crippen molar-refractivity contribution in [3.05, 3.63) is 66.4 Å². The average molecular weight is 397 g/mol. The van der Waals surface area contributed by atoms with E-state index in [0.29, 0.717) is 43.1 Å². The molecule has 7 nitrogen and oxygen atoms in total. The second-order valence-electron chi connectivity index (χ2n) is 6.38. The minimum absolute atomic E-state index is 0.179. The Bertz CT molecular complexity index is 1090. The molecule has 0 unspecified atom stereocenters. The Kier molecular flexibility index (Phi) is 5.08. The van der Waals surface area contributed by atoms with Crippen LogP contribution in [0.4, 0.5) is 0 Å². The van der Waals surface area contributed by atoms with E-state index in [1.54, 1.807) is 35.1 Å². The first-order valence-electron chi connectivity index (χ1n) is 8.88. The van der Waals surface area contributed by atoms with Gasteiger partial charge in [-0.1, -0.05) is 30.3 Å². The van der Waals surface area contributed by atoms with Crippen LogP contribution in [0.25, 0.3) is 16.9 Å². The van der Waals surface area contributed by atoms with E-state index in [9.17, 15) is 13.2 Å². The van der Waals surface area contributed by atoms with Crippen LogP contribution in [0, 0.1) is 0 Å². The number of carbonyl (C=O) groups excluding carboxylic acids is 1. The van der Waals surface area contributed by atoms with Crippen molar-refractivity contribution in [2.45, 2.75) is 4.90 Å². The van der Waals surface area contributed by atoms with E-state index < -0.39 is 10.0 Å². The summed E-state index contributed by atoms with van der Waals surface area (Å²) in [6, 6.07) is 16.0. The van der Waals surface area contributed by atoms with Gasteiger partial charge in [0.2, 0.25) is 10.0 Å². The third-order valence-electron chi connectivity index (χ3n) is 4.61. The van der Waals surface area contributed by atoms with E-state index in [1.807, 2.05) is 30.3 Å². The van der Waals surface area contributed by atoms with Crippen molar-refractivity contribution in [1.82, 2.24) is 14.1 Å². The molecule has 0 atom stereocenters. The van der Waals surface area contributed by atoms with Gasteiger partial charge < -0.3 is 4.74 Å². The van der Waals surface area contributed by atoms with E-state index in [0.717, 1.165) is 12.0 Å². The zero-order valence-electron chi connectivity index (χ0n) is 15.1. The van der Waals surface area contributed by atoms with Gasteiger partial charge in [-0.25, -0.2) is 13.1 Å². The number of aromatic nitrogens is 2. The van der Waals surface area contributed by atoms with Crippen LogP contribution in [0.2, 0.25) is 0 Å². The molecule has 1 aromatic heterocycles. The molecular weight excluding hydrogens is 378 g/mol. The van der Waals surface area contributed by atoms with Crippen LogP contribution >= 0.6 is 0 Å². The number of ether oxygens (including phenoxy) is 1. The third-order valence-corrected chi connectivity index (χ3v) is 6.50. The molecule has 0 aliphatic carbocycles. The number of benzene rings is 2. The maximum Gasteiger partial charge on any atom is 0.243 e. The minimum Gasteiger partial charge on any atom is -0.379 e. The molecule has 0 N–H and O–H groups in total. The summed E-state index contributed by atoms with van der Waals surface area (Å²) in [5.74, 6) is 0. The molecule has 2 aromatic carbocycles. The Hall–Kier alpha value is -2.81.